The fraction of sp³-hybridized carbons (Fsp3) is 0.926. The van der Waals surface area contributed by atoms with Crippen LogP contribution in [-0.4, -0.2) is 46.9 Å². The number of hydrogen-bond acceptors (Lipinski definition) is 5. The van der Waals surface area contributed by atoms with E-state index in [1.165, 1.54) is 193 Å². The van der Waals surface area contributed by atoms with Crippen LogP contribution in [0.5, 0.6) is 0 Å². The maximum absolute atomic E-state index is 13.2. The molecule has 0 aliphatic rings. The van der Waals surface area contributed by atoms with E-state index in [2.05, 4.69) is 38.2 Å². The summed E-state index contributed by atoms with van der Waals surface area (Å²) in [4.78, 5) is 26.1. The number of rotatable bonds is 49. The Balaban J connectivity index is 4.51. The second-order valence-corrected chi connectivity index (χ2v) is 18.6. The van der Waals surface area contributed by atoms with E-state index in [0.717, 1.165) is 57.8 Å². The molecular formula is C54H105NO5. The van der Waals surface area contributed by atoms with Crippen LogP contribution >= 0.6 is 0 Å². The molecule has 0 saturated heterocycles. The normalized spacial score (nSPS) is 13.2. The van der Waals surface area contributed by atoms with E-state index >= 15 is 0 Å². The van der Waals surface area contributed by atoms with Gasteiger partial charge in [0.15, 0.2) is 0 Å². The minimum absolute atomic E-state index is 0.0740. The molecule has 3 atom stereocenters. The van der Waals surface area contributed by atoms with E-state index in [1.807, 2.05) is 0 Å². The molecule has 60 heavy (non-hydrogen) atoms. The van der Waals surface area contributed by atoms with Crippen LogP contribution in [0.4, 0.5) is 0 Å². The first-order valence-corrected chi connectivity index (χ1v) is 26.9. The molecule has 0 radical (unpaired) electrons. The number of amides is 1. The third-order valence-corrected chi connectivity index (χ3v) is 12.6. The molecule has 0 spiro atoms. The van der Waals surface area contributed by atoms with E-state index in [9.17, 15) is 19.8 Å². The summed E-state index contributed by atoms with van der Waals surface area (Å²) in [5.41, 5.74) is 0. The van der Waals surface area contributed by atoms with Gasteiger partial charge in [-0.3, -0.25) is 9.59 Å². The number of aliphatic hydroxyl groups excluding tert-OH is 2. The zero-order chi connectivity index (χ0) is 43.8. The molecule has 0 rings (SSSR count). The van der Waals surface area contributed by atoms with Crippen molar-refractivity contribution in [2.45, 2.75) is 315 Å². The smallest absolute Gasteiger partial charge is 0.306 e. The largest absolute Gasteiger partial charge is 0.462 e. The predicted molar refractivity (Wildman–Crippen MR) is 260 cm³/mol. The molecule has 0 aromatic rings. The summed E-state index contributed by atoms with van der Waals surface area (Å²) in [7, 11) is 0. The topological polar surface area (TPSA) is 95.9 Å². The minimum atomic E-state index is -0.786. The SMILES string of the molecule is CCCCCCCCCCC/C=C/CCCCCC(CC(=O)NC(CO)C(O)CCCCCCCCCCCCCCCCC)OC(=O)CCCCCCCCCCCC. The molecule has 0 aliphatic carbocycles. The van der Waals surface area contributed by atoms with Gasteiger partial charge < -0.3 is 20.3 Å². The van der Waals surface area contributed by atoms with Gasteiger partial charge in [-0.2, -0.15) is 0 Å². The summed E-state index contributed by atoms with van der Waals surface area (Å²) in [5.74, 6) is -0.473. The van der Waals surface area contributed by atoms with Crippen molar-refractivity contribution in [1.82, 2.24) is 5.32 Å². The van der Waals surface area contributed by atoms with Crippen LogP contribution in [0.25, 0.3) is 0 Å². The van der Waals surface area contributed by atoms with Crippen molar-refractivity contribution in [3.8, 4) is 0 Å². The molecule has 1 amide bonds. The van der Waals surface area contributed by atoms with Crippen LogP contribution in [0.3, 0.4) is 0 Å². The van der Waals surface area contributed by atoms with E-state index in [1.54, 1.807) is 0 Å². The molecule has 0 bridgehead atoms. The van der Waals surface area contributed by atoms with Crippen LogP contribution in [0, 0.1) is 0 Å². The number of ether oxygens (including phenoxy) is 1. The van der Waals surface area contributed by atoms with Crippen molar-refractivity contribution < 1.29 is 24.5 Å². The van der Waals surface area contributed by atoms with Gasteiger partial charge in [0, 0.05) is 6.42 Å². The highest BCUT2D eigenvalue weighted by Gasteiger charge is 2.24. The van der Waals surface area contributed by atoms with E-state index in [4.69, 9.17) is 4.74 Å². The van der Waals surface area contributed by atoms with E-state index in [0.29, 0.717) is 19.3 Å². The molecule has 0 aliphatic heterocycles. The quantitative estimate of drug-likeness (QED) is 0.0322. The summed E-state index contributed by atoms with van der Waals surface area (Å²) in [6.45, 7) is 6.50. The number of allylic oxidation sites excluding steroid dienone is 2. The van der Waals surface area contributed by atoms with Gasteiger partial charge >= 0.3 is 5.97 Å². The lowest BCUT2D eigenvalue weighted by Crippen LogP contribution is -2.46. The van der Waals surface area contributed by atoms with Gasteiger partial charge in [0.05, 0.1) is 25.2 Å². The number of hydrogen-bond donors (Lipinski definition) is 3. The summed E-state index contributed by atoms with van der Waals surface area (Å²) in [6, 6.07) is -0.700. The van der Waals surface area contributed by atoms with Gasteiger partial charge in [-0.1, -0.05) is 245 Å². The molecule has 0 fully saturated rings. The highest BCUT2D eigenvalue weighted by Crippen LogP contribution is 2.18. The zero-order valence-electron chi connectivity index (χ0n) is 40.6. The van der Waals surface area contributed by atoms with Crippen LogP contribution in [0.15, 0.2) is 12.2 Å². The van der Waals surface area contributed by atoms with Crippen molar-refractivity contribution in [2.75, 3.05) is 6.61 Å². The number of carbonyl (C=O) groups is 2. The standard InChI is InChI=1S/C54H105NO5/c1-4-7-10-13-16-19-22-24-26-28-29-31-33-36-39-42-45-50(60-54(59)47-44-41-38-35-21-18-15-12-9-6-3)48-53(58)55-51(49-56)52(57)46-43-40-37-34-32-30-27-25-23-20-17-14-11-8-5-2/h29,31,50-52,56-57H,4-28,30,32-49H2,1-3H3,(H,55,58)/b31-29+. The van der Waals surface area contributed by atoms with Crippen LogP contribution in [-0.2, 0) is 14.3 Å². The molecular weight excluding hydrogens is 743 g/mol. The Morgan fingerprint density at radius 1 is 0.467 bits per heavy atom. The Labute approximate surface area is 374 Å². The first-order chi connectivity index (χ1) is 29.5. The minimum Gasteiger partial charge on any atom is -0.462 e. The molecule has 356 valence electrons. The first kappa shape index (κ1) is 58.6. The van der Waals surface area contributed by atoms with Crippen molar-refractivity contribution >= 4 is 11.9 Å². The molecule has 0 aromatic heterocycles. The van der Waals surface area contributed by atoms with Crippen molar-refractivity contribution in [1.29, 1.82) is 0 Å². The van der Waals surface area contributed by atoms with Gasteiger partial charge in [-0.15, -0.1) is 0 Å². The summed E-state index contributed by atoms with van der Waals surface area (Å²) in [5, 5.41) is 23.8. The summed E-state index contributed by atoms with van der Waals surface area (Å²) in [6.07, 6.45) is 54.2. The average Bonchev–Trinajstić information content (AvgIpc) is 3.24. The van der Waals surface area contributed by atoms with E-state index < -0.39 is 18.2 Å². The summed E-state index contributed by atoms with van der Waals surface area (Å²) >= 11 is 0. The average molecular weight is 848 g/mol. The lowest BCUT2D eigenvalue weighted by molar-refractivity contribution is -0.151. The van der Waals surface area contributed by atoms with E-state index in [-0.39, 0.29) is 24.9 Å². The number of nitrogens with one attached hydrogen (secondary N) is 1. The number of carbonyl (C=O) groups excluding carboxylic acids is 2. The van der Waals surface area contributed by atoms with Crippen molar-refractivity contribution in [3.63, 3.8) is 0 Å². The van der Waals surface area contributed by atoms with Crippen LogP contribution in [0.2, 0.25) is 0 Å². The highest BCUT2D eigenvalue weighted by atomic mass is 16.5. The fourth-order valence-electron chi connectivity index (χ4n) is 8.49. The first-order valence-electron chi connectivity index (χ1n) is 26.9. The molecule has 6 heteroatoms. The molecule has 6 nitrogen and oxygen atoms in total. The lowest BCUT2D eigenvalue weighted by atomic mass is 10.0. The predicted octanol–water partition coefficient (Wildman–Crippen LogP) is 16.1. The highest BCUT2D eigenvalue weighted by molar-refractivity contribution is 5.77. The Morgan fingerprint density at radius 2 is 0.800 bits per heavy atom. The maximum atomic E-state index is 13.2. The van der Waals surface area contributed by atoms with Gasteiger partial charge in [-0.05, 0) is 51.4 Å². The zero-order valence-corrected chi connectivity index (χ0v) is 40.6. The van der Waals surface area contributed by atoms with Crippen LogP contribution in [0.1, 0.15) is 297 Å². The second-order valence-electron chi connectivity index (χ2n) is 18.6. The molecule has 0 heterocycles. The monoisotopic (exact) mass is 848 g/mol. The van der Waals surface area contributed by atoms with Gasteiger partial charge in [0.1, 0.15) is 6.10 Å². The van der Waals surface area contributed by atoms with Crippen molar-refractivity contribution in [2.24, 2.45) is 0 Å². The Bertz CT molecular complexity index is 909. The molecule has 0 aromatic carbocycles. The Morgan fingerprint density at radius 3 is 1.20 bits per heavy atom. The Hall–Kier alpha value is -1.40. The second kappa shape index (κ2) is 48.6. The third-order valence-electron chi connectivity index (χ3n) is 12.6. The Kier molecular flexibility index (Phi) is 47.5. The number of unbranched alkanes of at least 4 members (excludes halogenated alkanes) is 35. The molecule has 3 unspecified atom stereocenters. The fourth-order valence-corrected chi connectivity index (χ4v) is 8.49. The van der Waals surface area contributed by atoms with Gasteiger partial charge in [0.2, 0.25) is 5.91 Å². The van der Waals surface area contributed by atoms with Gasteiger partial charge in [0.25, 0.3) is 0 Å². The third kappa shape index (κ3) is 43.3. The molecule has 3 N–H and O–H groups in total. The van der Waals surface area contributed by atoms with Crippen LogP contribution < -0.4 is 5.32 Å². The number of aliphatic hydroxyl groups is 2. The maximum Gasteiger partial charge on any atom is 0.306 e. The van der Waals surface area contributed by atoms with Crippen molar-refractivity contribution in [3.05, 3.63) is 12.2 Å². The van der Waals surface area contributed by atoms with Gasteiger partial charge in [-0.25, -0.2) is 0 Å². The molecule has 0 saturated carbocycles. The summed E-state index contributed by atoms with van der Waals surface area (Å²) < 4.78 is 5.93. The lowest BCUT2D eigenvalue weighted by Gasteiger charge is -2.24. The number of esters is 1.